The number of hydrogen-bond acceptors (Lipinski definition) is 3. The molecule has 1 atom stereocenters. The Balaban J connectivity index is 1.98. The number of anilines is 1. The number of methoxy groups -OCH3 is 1. The van der Waals surface area contributed by atoms with Crippen molar-refractivity contribution in [2.24, 2.45) is 0 Å². The zero-order valence-electron chi connectivity index (χ0n) is 12.1. The third-order valence-corrected chi connectivity index (χ3v) is 4.56. The number of ether oxygens (including phenoxy) is 1. The largest absolute Gasteiger partial charge is 0.497 e. The molecular weight excluding hydrogens is 328 g/mol. The van der Waals surface area contributed by atoms with E-state index in [1.54, 1.807) is 7.11 Å². The van der Waals surface area contributed by atoms with Crippen LogP contribution in [0.1, 0.15) is 11.6 Å². The lowest BCUT2D eigenvalue weighted by atomic mass is 10.0. The van der Waals surface area contributed by atoms with Crippen molar-refractivity contribution in [2.45, 2.75) is 6.04 Å². The minimum absolute atomic E-state index is 0.336. The molecule has 3 rings (SSSR count). The van der Waals surface area contributed by atoms with Crippen molar-refractivity contribution in [1.29, 1.82) is 0 Å². The van der Waals surface area contributed by atoms with E-state index < -0.39 is 0 Å². The first-order chi connectivity index (χ1) is 10.3. The van der Waals surface area contributed by atoms with Crippen LogP contribution in [0.4, 0.5) is 5.69 Å². The molecule has 1 heterocycles. The van der Waals surface area contributed by atoms with Gasteiger partial charge in [0.2, 0.25) is 0 Å². The van der Waals surface area contributed by atoms with Crippen molar-refractivity contribution in [3.8, 4) is 5.75 Å². The summed E-state index contributed by atoms with van der Waals surface area (Å²) in [5.41, 5.74) is 2.52. The lowest BCUT2D eigenvalue weighted by molar-refractivity contribution is 0.414. The molecule has 1 saturated heterocycles. The normalized spacial score (nSPS) is 18.6. The molecule has 0 amide bonds. The van der Waals surface area contributed by atoms with Crippen LogP contribution in [-0.4, -0.2) is 26.7 Å². The molecular formula is C17H19BrN2O. The second-order valence-corrected chi connectivity index (χ2v) is 6.00. The van der Waals surface area contributed by atoms with Crippen molar-refractivity contribution in [1.82, 2.24) is 5.32 Å². The summed E-state index contributed by atoms with van der Waals surface area (Å²) >= 11 is 3.68. The quantitative estimate of drug-likeness (QED) is 0.918. The van der Waals surface area contributed by atoms with Gasteiger partial charge in [-0.25, -0.2) is 0 Å². The molecule has 1 aliphatic rings. The van der Waals surface area contributed by atoms with Gasteiger partial charge in [0, 0.05) is 30.2 Å². The van der Waals surface area contributed by atoms with Gasteiger partial charge in [-0.2, -0.15) is 0 Å². The van der Waals surface area contributed by atoms with Gasteiger partial charge in [0.05, 0.1) is 18.8 Å². The minimum atomic E-state index is 0.336. The molecule has 3 nitrogen and oxygen atoms in total. The van der Waals surface area contributed by atoms with Crippen molar-refractivity contribution >= 4 is 21.6 Å². The lowest BCUT2D eigenvalue weighted by Gasteiger charge is -2.39. The smallest absolute Gasteiger partial charge is 0.121 e. The number of nitrogens with one attached hydrogen (secondary N) is 1. The Labute approximate surface area is 134 Å². The van der Waals surface area contributed by atoms with Gasteiger partial charge in [-0.1, -0.05) is 30.3 Å². The fourth-order valence-corrected chi connectivity index (χ4v) is 3.28. The first kappa shape index (κ1) is 14.4. The molecule has 1 aliphatic heterocycles. The topological polar surface area (TPSA) is 24.5 Å². The van der Waals surface area contributed by atoms with Gasteiger partial charge in [0.15, 0.2) is 0 Å². The molecule has 2 aromatic rings. The molecule has 2 aromatic carbocycles. The first-order valence-electron chi connectivity index (χ1n) is 7.15. The van der Waals surface area contributed by atoms with E-state index in [0.717, 1.165) is 29.9 Å². The highest BCUT2D eigenvalue weighted by molar-refractivity contribution is 9.10. The predicted molar refractivity (Wildman–Crippen MR) is 90.1 cm³/mol. The van der Waals surface area contributed by atoms with E-state index in [4.69, 9.17) is 4.74 Å². The van der Waals surface area contributed by atoms with E-state index in [1.165, 1.54) is 11.3 Å². The number of benzene rings is 2. The van der Waals surface area contributed by atoms with E-state index in [2.05, 4.69) is 68.6 Å². The van der Waals surface area contributed by atoms with Crippen LogP contribution in [0.5, 0.6) is 5.75 Å². The second kappa shape index (κ2) is 6.50. The molecule has 0 spiro atoms. The number of piperazine rings is 1. The average Bonchev–Trinajstić information content (AvgIpc) is 2.56. The number of nitrogens with zero attached hydrogens (tertiary/aromatic N) is 1. The molecule has 0 saturated carbocycles. The highest BCUT2D eigenvalue weighted by atomic mass is 79.9. The highest BCUT2D eigenvalue weighted by Gasteiger charge is 2.25. The number of halogens is 1. The van der Waals surface area contributed by atoms with Crippen molar-refractivity contribution in [3.05, 3.63) is 58.6 Å². The minimum Gasteiger partial charge on any atom is -0.497 e. The maximum Gasteiger partial charge on any atom is 0.121 e. The van der Waals surface area contributed by atoms with Crippen LogP contribution in [0.3, 0.4) is 0 Å². The zero-order chi connectivity index (χ0) is 14.7. The standard InChI is InChI=1S/C17H19BrN2O/c1-21-14-7-8-15(18)16(11-14)20-10-9-19-12-17(20)13-5-3-2-4-6-13/h2-8,11,17,19H,9-10,12H2,1H3. The Bertz CT molecular complexity index is 603. The van der Waals surface area contributed by atoms with E-state index in [9.17, 15) is 0 Å². The van der Waals surface area contributed by atoms with Crippen molar-refractivity contribution < 1.29 is 4.74 Å². The lowest BCUT2D eigenvalue weighted by Crippen LogP contribution is -2.46. The van der Waals surface area contributed by atoms with Crippen LogP contribution >= 0.6 is 15.9 Å². The molecule has 0 bridgehead atoms. The third-order valence-electron chi connectivity index (χ3n) is 3.89. The fourth-order valence-electron chi connectivity index (χ4n) is 2.81. The van der Waals surface area contributed by atoms with Crippen LogP contribution in [0.25, 0.3) is 0 Å². The maximum absolute atomic E-state index is 5.38. The van der Waals surface area contributed by atoms with Gasteiger partial charge in [0.1, 0.15) is 5.75 Å². The molecule has 1 N–H and O–H groups in total. The Morgan fingerprint density at radius 1 is 1.19 bits per heavy atom. The molecule has 0 aromatic heterocycles. The predicted octanol–water partition coefficient (Wildman–Crippen LogP) is 3.61. The van der Waals surface area contributed by atoms with E-state index in [-0.39, 0.29) is 0 Å². The van der Waals surface area contributed by atoms with Crippen LogP contribution in [0, 0.1) is 0 Å². The average molecular weight is 347 g/mol. The summed E-state index contributed by atoms with van der Waals surface area (Å²) in [7, 11) is 1.71. The zero-order valence-corrected chi connectivity index (χ0v) is 13.6. The summed E-state index contributed by atoms with van der Waals surface area (Å²) in [5.74, 6) is 0.888. The van der Waals surface area contributed by atoms with Crippen molar-refractivity contribution in [2.75, 3.05) is 31.6 Å². The molecule has 1 unspecified atom stereocenters. The number of hydrogen-bond donors (Lipinski definition) is 1. The van der Waals surface area contributed by atoms with Gasteiger partial charge in [-0.15, -0.1) is 0 Å². The fraction of sp³-hybridized carbons (Fsp3) is 0.294. The van der Waals surface area contributed by atoms with Crippen LogP contribution in [0.2, 0.25) is 0 Å². The molecule has 21 heavy (non-hydrogen) atoms. The molecule has 1 fully saturated rings. The van der Waals surface area contributed by atoms with E-state index in [1.807, 2.05) is 6.07 Å². The van der Waals surface area contributed by atoms with Crippen LogP contribution in [0.15, 0.2) is 53.0 Å². The summed E-state index contributed by atoms with van der Waals surface area (Å²) in [6, 6.07) is 17.1. The summed E-state index contributed by atoms with van der Waals surface area (Å²) in [4.78, 5) is 2.44. The number of rotatable bonds is 3. The molecule has 110 valence electrons. The van der Waals surface area contributed by atoms with Gasteiger partial charge in [-0.3, -0.25) is 0 Å². The third kappa shape index (κ3) is 3.06. The molecule has 0 aliphatic carbocycles. The maximum atomic E-state index is 5.38. The summed E-state index contributed by atoms with van der Waals surface area (Å²) in [5, 5.41) is 3.49. The highest BCUT2D eigenvalue weighted by Crippen LogP contribution is 2.36. The Morgan fingerprint density at radius 3 is 2.76 bits per heavy atom. The summed E-state index contributed by atoms with van der Waals surface area (Å²) < 4.78 is 6.48. The van der Waals surface area contributed by atoms with Gasteiger partial charge in [-0.05, 0) is 33.6 Å². The summed E-state index contributed by atoms with van der Waals surface area (Å²) in [6.07, 6.45) is 0. The van der Waals surface area contributed by atoms with E-state index >= 15 is 0 Å². The Morgan fingerprint density at radius 2 is 2.00 bits per heavy atom. The van der Waals surface area contributed by atoms with Gasteiger partial charge in [0.25, 0.3) is 0 Å². The Kier molecular flexibility index (Phi) is 4.46. The van der Waals surface area contributed by atoms with Crippen LogP contribution in [-0.2, 0) is 0 Å². The van der Waals surface area contributed by atoms with Crippen molar-refractivity contribution in [3.63, 3.8) is 0 Å². The second-order valence-electron chi connectivity index (χ2n) is 5.14. The van der Waals surface area contributed by atoms with Gasteiger partial charge < -0.3 is 15.0 Å². The SMILES string of the molecule is COc1ccc(Br)c(N2CCNCC2c2ccccc2)c1. The first-order valence-corrected chi connectivity index (χ1v) is 7.95. The summed E-state index contributed by atoms with van der Waals surface area (Å²) in [6.45, 7) is 2.92. The van der Waals surface area contributed by atoms with Gasteiger partial charge >= 0.3 is 0 Å². The molecule has 4 heteroatoms. The van der Waals surface area contributed by atoms with E-state index in [0.29, 0.717) is 6.04 Å². The monoisotopic (exact) mass is 346 g/mol. The molecule has 0 radical (unpaired) electrons. The Hall–Kier alpha value is -1.52. The van der Waals surface area contributed by atoms with Crippen LogP contribution < -0.4 is 15.0 Å².